The molecule has 4 heteroatoms. The summed E-state index contributed by atoms with van der Waals surface area (Å²) in [7, 11) is 1.76. The number of carboxylic acids is 1. The Hall–Kier alpha value is -1.84. The van der Waals surface area contributed by atoms with Gasteiger partial charge in [-0.2, -0.15) is 0 Å². The second-order valence-corrected chi connectivity index (χ2v) is 4.24. The van der Waals surface area contributed by atoms with Gasteiger partial charge < -0.3 is 10.0 Å². The van der Waals surface area contributed by atoms with Crippen molar-refractivity contribution in [3.8, 4) is 0 Å². The Morgan fingerprint density at radius 2 is 1.67 bits per heavy atom. The standard InChI is InChI=1S/C14H19NO3/c1-15(12-8-4-2-5-9-12)13(16)10-6-3-7-11-14(17)18/h2,4-5,8-9H,3,6-7,10-11H2,1H3,(H,17,18). The number of rotatable bonds is 7. The van der Waals surface area contributed by atoms with E-state index in [0.717, 1.165) is 18.5 Å². The van der Waals surface area contributed by atoms with Gasteiger partial charge >= 0.3 is 5.97 Å². The van der Waals surface area contributed by atoms with E-state index < -0.39 is 5.97 Å². The quantitative estimate of drug-likeness (QED) is 0.756. The Labute approximate surface area is 107 Å². The average Bonchev–Trinajstić information content (AvgIpc) is 2.38. The minimum Gasteiger partial charge on any atom is -0.481 e. The van der Waals surface area contributed by atoms with Crippen LogP contribution in [0.3, 0.4) is 0 Å². The Bertz CT molecular complexity index is 389. The van der Waals surface area contributed by atoms with Crippen molar-refractivity contribution in [3.63, 3.8) is 0 Å². The van der Waals surface area contributed by atoms with Crippen LogP contribution in [0.15, 0.2) is 30.3 Å². The summed E-state index contributed by atoms with van der Waals surface area (Å²) in [6, 6.07) is 9.48. The van der Waals surface area contributed by atoms with E-state index in [1.807, 2.05) is 30.3 Å². The largest absolute Gasteiger partial charge is 0.481 e. The van der Waals surface area contributed by atoms with Gasteiger partial charge in [0.25, 0.3) is 0 Å². The summed E-state index contributed by atoms with van der Waals surface area (Å²) in [6.07, 6.45) is 2.80. The number of amides is 1. The normalized spacial score (nSPS) is 10.1. The predicted molar refractivity (Wildman–Crippen MR) is 70.6 cm³/mol. The van der Waals surface area contributed by atoms with E-state index in [2.05, 4.69) is 0 Å². The van der Waals surface area contributed by atoms with E-state index >= 15 is 0 Å². The van der Waals surface area contributed by atoms with Gasteiger partial charge in [0.15, 0.2) is 0 Å². The molecule has 0 aromatic heterocycles. The molecule has 1 aromatic carbocycles. The predicted octanol–water partition coefficient (Wildman–Crippen LogP) is 2.68. The Kier molecular flexibility index (Phi) is 5.91. The molecule has 0 bridgehead atoms. The van der Waals surface area contributed by atoms with Crippen LogP contribution in [-0.2, 0) is 9.59 Å². The number of aliphatic carboxylic acids is 1. The monoisotopic (exact) mass is 249 g/mol. The molecule has 0 atom stereocenters. The van der Waals surface area contributed by atoms with Gasteiger partial charge in [0.2, 0.25) is 5.91 Å². The van der Waals surface area contributed by atoms with Crippen LogP contribution in [0.1, 0.15) is 32.1 Å². The van der Waals surface area contributed by atoms with Crippen LogP contribution < -0.4 is 4.90 Å². The highest BCUT2D eigenvalue weighted by atomic mass is 16.4. The third-order valence-electron chi connectivity index (χ3n) is 2.80. The van der Waals surface area contributed by atoms with Crippen molar-refractivity contribution in [2.45, 2.75) is 32.1 Å². The first-order valence-corrected chi connectivity index (χ1v) is 6.14. The lowest BCUT2D eigenvalue weighted by molar-refractivity contribution is -0.137. The van der Waals surface area contributed by atoms with Crippen molar-refractivity contribution in [3.05, 3.63) is 30.3 Å². The Balaban J connectivity index is 2.26. The highest BCUT2D eigenvalue weighted by Crippen LogP contribution is 2.13. The zero-order chi connectivity index (χ0) is 13.4. The molecule has 0 aliphatic rings. The van der Waals surface area contributed by atoms with Crippen LogP contribution in [-0.4, -0.2) is 24.0 Å². The SMILES string of the molecule is CN(C(=O)CCCCCC(=O)O)c1ccccc1. The average molecular weight is 249 g/mol. The molecule has 0 fully saturated rings. The maximum Gasteiger partial charge on any atom is 0.303 e. The summed E-state index contributed by atoms with van der Waals surface area (Å²) in [5.74, 6) is -0.709. The molecule has 18 heavy (non-hydrogen) atoms. The van der Waals surface area contributed by atoms with Crippen molar-refractivity contribution < 1.29 is 14.7 Å². The van der Waals surface area contributed by atoms with Gasteiger partial charge in [-0.05, 0) is 25.0 Å². The number of anilines is 1. The van der Waals surface area contributed by atoms with Crippen LogP contribution >= 0.6 is 0 Å². The number of nitrogens with zero attached hydrogens (tertiary/aromatic N) is 1. The van der Waals surface area contributed by atoms with Gasteiger partial charge in [0.1, 0.15) is 0 Å². The van der Waals surface area contributed by atoms with E-state index in [4.69, 9.17) is 5.11 Å². The summed E-state index contributed by atoms with van der Waals surface area (Å²) in [6.45, 7) is 0. The lowest BCUT2D eigenvalue weighted by atomic mass is 10.1. The molecule has 1 rings (SSSR count). The summed E-state index contributed by atoms with van der Waals surface area (Å²) in [4.78, 5) is 23.8. The number of para-hydroxylation sites is 1. The highest BCUT2D eigenvalue weighted by molar-refractivity contribution is 5.92. The zero-order valence-electron chi connectivity index (χ0n) is 10.6. The summed E-state index contributed by atoms with van der Waals surface area (Å²) >= 11 is 0. The maximum absolute atomic E-state index is 11.9. The Morgan fingerprint density at radius 3 is 2.28 bits per heavy atom. The number of unbranched alkanes of at least 4 members (excludes halogenated alkanes) is 2. The van der Waals surface area contributed by atoms with Crippen LogP contribution in [0.2, 0.25) is 0 Å². The second-order valence-electron chi connectivity index (χ2n) is 4.24. The molecular formula is C14H19NO3. The molecule has 0 saturated heterocycles. The molecule has 0 heterocycles. The summed E-state index contributed by atoms with van der Waals surface area (Å²) in [5, 5.41) is 8.48. The van der Waals surface area contributed by atoms with Crippen molar-refractivity contribution in [2.75, 3.05) is 11.9 Å². The lowest BCUT2D eigenvalue weighted by Crippen LogP contribution is -2.25. The first kappa shape index (κ1) is 14.2. The zero-order valence-corrected chi connectivity index (χ0v) is 10.6. The van der Waals surface area contributed by atoms with Gasteiger partial charge in [-0.25, -0.2) is 0 Å². The molecule has 1 amide bonds. The highest BCUT2D eigenvalue weighted by Gasteiger charge is 2.09. The van der Waals surface area contributed by atoms with E-state index in [-0.39, 0.29) is 12.3 Å². The van der Waals surface area contributed by atoms with Gasteiger partial charge in [0.05, 0.1) is 0 Å². The van der Waals surface area contributed by atoms with E-state index in [1.54, 1.807) is 11.9 Å². The van der Waals surface area contributed by atoms with Gasteiger partial charge in [-0.3, -0.25) is 9.59 Å². The first-order valence-electron chi connectivity index (χ1n) is 6.14. The fourth-order valence-electron chi connectivity index (χ4n) is 1.69. The fraction of sp³-hybridized carbons (Fsp3) is 0.429. The van der Waals surface area contributed by atoms with Crippen LogP contribution in [0.4, 0.5) is 5.69 Å². The van der Waals surface area contributed by atoms with E-state index in [1.165, 1.54) is 0 Å². The summed E-state index contributed by atoms with van der Waals surface area (Å²) < 4.78 is 0. The third kappa shape index (κ3) is 4.99. The van der Waals surface area contributed by atoms with Crippen LogP contribution in [0.5, 0.6) is 0 Å². The van der Waals surface area contributed by atoms with Crippen molar-refractivity contribution in [1.29, 1.82) is 0 Å². The lowest BCUT2D eigenvalue weighted by Gasteiger charge is -2.17. The number of carbonyl (C=O) groups is 2. The molecule has 4 nitrogen and oxygen atoms in total. The van der Waals surface area contributed by atoms with E-state index in [9.17, 15) is 9.59 Å². The Morgan fingerprint density at radius 1 is 1.06 bits per heavy atom. The maximum atomic E-state index is 11.9. The molecule has 0 saturated carbocycles. The smallest absolute Gasteiger partial charge is 0.303 e. The van der Waals surface area contributed by atoms with Crippen LogP contribution in [0, 0.1) is 0 Å². The van der Waals surface area contributed by atoms with Gasteiger partial charge in [-0.15, -0.1) is 0 Å². The van der Waals surface area contributed by atoms with Crippen molar-refractivity contribution >= 4 is 17.6 Å². The topological polar surface area (TPSA) is 57.6 Å². The number of carboxylic acid groups (broad SMARTS) is 1. The van der Waals surface area contributed by atoms with Gasteiger partial charge in [-0.1, -0.05) is 24.6 Å². The molecule has 98 valence electrons. The number of benzene rings is 1. The van der Waals surface area contributed by atoms with E-state index in [0.29, 0.717) is 12.8 Å². The third-order valence-corrected chi connectivity index (χ3v) is 2.80. The molecule has 1 aromatic rings. The number of hydrogen-bond acceptors (Lipinski definition) is 2. The van der Waals surface area contributed by atoms with Crippen LogP contribution in [0.25, 0.3) is 0 Å². The minimum absolute atomic E-state index is 0.0662. The summed E-state index contributed by atoms with van der Waals surface area (Å²) in [5.41, 5.74) is 0.882. The van der Waals surface area contributed by atoms with Crippen molar-refractivity contribution in [2.24, 2.45) is 0 Å². The first-order chi connectivity index (χ1) is 8.61. The molecule has 0 radical (unpaired) electrons. The molecule has 0 spiro atoms. The molecule has 0 unspecified atom stereocenters. The van der Waals surface area contributed by atoms with Gasteiger partial charge in [0, 0.05) is 25.6 Å². The number of hydrogen-bond donors (Lipinski definition) is 1. The molecule has 0 aliphatic heterocycles. The molecular weight excluding hydrogens is 230 g/mol. The fourth-order valence-corrected chi connectivity index (χ4v) is 1.69. The molecule has 1 N–H and O–H groups in total. The minimum atomic E-state index is -0.775. The van der Waals surface area contributed by atoms with Crippen molar-refractivity contribution in [1.82, 2.24) is 0 Å². The number of carbonyl (C=O) groups excluding carboxylic acids is 1. The second kappa shape index (κ2) is 7.48. The molecule has 0 aliphatic carbocycles.